The molecule has 0 radical (unpaired) electrons. The zero-order chi connectivity index (χ0) is 10.7. The van der Waals surface area contributed by atoms with Gasteiger partial charge in [-0.05, 0) is 12.1 Å². The molecule has 0 aliphatic rings. The summed E-state index contributed by atoms with van der Waals surface area (Å²) in [6.07, 6.45) is 0. The second-order valence-corrected chi connectivity index (χ2v) is 2.49. The van der Waals surface area contributed by atoms with Crippen molar-refractivity contribution in [2.24, 2.45) is 0 Å². The number of hydrogen-bond donors (Lipinski definition) is 0. The van der Waals surface area contributed by atoms with Crippen LogP contribution in [0.25, 0.3) is 0 Å². The topological polar surface area (TPSA) is 35.5 Å². The molecule has 0 saturated carbocycles. The van der Waals surface area contributed by atoms with Crippen molar-refractivity contribution in [3.63, 3.8) is 0 Å². The smallest absolute Gasteiger partial charge is 0.308 e. The SMILES string of the molecule is COc1c(F)ccc(OC(C)=O)c1F. The lowest BCUT2D eigenvalue weighted by atomic mass is 10.3. The Bertz CT molecular complexity index is 363. The fourth-order valence-electron chi connectivity index (χ4n) is 0.935. The summed E-state index contributed by atoms with van der Waals surface area (Å²) >= 11 is 0. The fourth-order valence-corrected chi connectivity index (χ4v) is 0.935. The van der Waals surface area contributed by atoms with E-state index in [-0.39, 0.29) is 5.75 Å². The van der Waals surface area contributed by atoms with Gasteiger partial charge >= 0.3 is 5.97 Å². The van der Waals surface area contributed by atoms with Crippen molar-refractivity contribution >= 4 is 5.97 Å². The van der Waals surface area contributed by atoms with Crippen LogP contribution in [-0.4, -0.2) is 13.1 Å². The van der Waals surface area contributed by atoms with Crippen LogP contribution in [0.1, 0.15) is 6.92 Å². The number of rotatable bonds is 2. The van der Waals surface area contributed by atoms with E-state index < -0.39 is 23.4 Å². The number of halogens is 2. The van der Waals surface area contributed by atoms with Crippen LogP contribution in [0.2, 0.25) is 0 Å². The average molecular weight is 202 g/mol. The second kappa shape index (κ2) is 4.04. The van der Waals surface area contributed by atoms with Gasteiger partial charge in [0, 0.05) is 6.92 Å². The Labute approximate surface area is 79.2 Å². The van der Waals surface area contributed by atoms with Gasteiger partial charge in [-0.25, -0.2) is 4.39 Å². The number of carbonyl (C=O) groups excluding carboxylic acids is 1. The first kappa shape index (κ1) is 10.4. The molecule has 0 fully saturated rings. The highest BCUT2D eigenvalue weighted by Crippen LogP contribution is 2.29. The van der Waals surface area contributed by atoms with E-state index in [0.29, 0.717) is 0 Å². The van der Waals surface area contributed by atoms with Crippen LogP contribution in [0.4, 0.5) is 8.78 Å². The van der Waals surface area contributed by atoms with E-state index in [1.807, 2.05) is 0 Å². The van der Waals surface area contributed by atoms with E-state index in [2.05, 4.69) is 9.47 Å². The lowest BCUT2D eigenvalue weighted by molar-refractivity contribution is -0.132. The Morgan fingerprint density at radius 2 is 2.00 bits per heavy atom. The predicted molar refractivity (Wildman–Crippen MR) is 44.2 cm³/mol. The van der Waals surface area contributed by atoms with Gasteiger partial charge in [-0.2, -0.15) is 4.39 Å². The molecule has 0 aromatic heterocycles. The number of esters is 1. The maximum absolute atomic E-state index is 13.3. The Morgan fingerprint density at radius 1 is 1.36 bits per heavy atom. The van der Waals surface area contributed by atoms with Gasteiger partial charge < -0.3 is 9.47 Å². The lowest BCUT2D eigenvalue weighted by Gasteiger charge is -2.07. The summed E-state index contributed by atoms with van der Waals surface area (Å²) in [7, 11) is 1.12. The molecule has 0 unspecified atom stereocenters. The number of hydrogen-bond acceptors (Lipinski definition) is 3. The molecule has 14 heavy (non-hydrogen) atoms. The van der Waals surface area contributed by atoms with E-state index in [1.165, 1.54) is 0 Å². The highest BCUT2D eigenvalue weighted by molar-refractivity contribution is 5.69. The molecule has 1 rings (SSSR count). The number of ether oxygens (including phenoxy) is 2. The van der Waals surface area contributed by atoms with Crippen LogP contribution >= 0.6 is 0 Å². The molecule has 0 bridgehead atoms. The highest BCUT2D eigenvalue weighted by atomic mass is 19.1. The summed E-state index contributed by atoms with van der Waals surface area (Å²) in [4.78, 5) is 10.5. The van der Waals surface area contributed by atoms with E-state index in [4.69, 9.17) is 0 Å². The maximum Gasteiger partial charge on any atom is 0.308 e. The van der Waals surface area contributed by atoms with Gasteiger partial charge in [0.2, 0.25) is 5.82 Å². The van der Waals surface area contributed by atoms with Crippen molar-refractivity contribution in [1.29, 1.82) is 0 Å². The molecule has 0 N–H and O–H groups in total. The monoisotopic (exact) mass is 202 g/mol. The molecule has 0 aliphatic carbocycles. The lowest BCUT2D eigenvalue weighted by Crippen LogP contribution is -2.04. The number of carbonyl (C=O) groups is 1. The average Bonchev–Trinajstić information content (AvgIpc) is 2.10. The van der Waals surface area contributed by atoms with E-state index in [1.54, 1.807) is 0 Å². The third-order valence-electron chi connectivity index (χ3n) is 1.47. The molecule has 0 saturated heterocycles. The molecule has 1 aromatic carbocycles. The Kier molecular flexibility index (Phi) is 3.01. The third kappa shape index (κ3) is 1.99. The zero-order valence-corrected chi connectivity index (χ0v) is 7.64. The highest BCUT2D eigenvalue weighted by Gasteiger charge is 2.16. The minimum atomic E-state index is -1.03. The zero-order valence-electron chi connectivity index (χ0n) is 7.64. The first-order valence-electron chi connectivity index (χ1n) is 3.76. The summed E-state index contributed by atoms with van der Waals surface area (Å²) in [5.41, 5.74) is 0. The molecule has 76 valence electrons. The summed E-state index contributed by atoms with van der Waals surface area (Å²) in [5.74, 6) is -3.47. The minimum Gasteiger partial charge on any atom is -0.491 e. The van der Waals surface area contributed by atoms with Gasteiger partial charge in [0.15, 0.2) is 17.3 Å². The summed E-state index contributed by atoms with van der Waals surface area (Å²) in [5, 5.41) is 0. The van der Waals surface area contributed by atoms with Crippen molar-refractivity contribution in [3.8, 4) is 11.5 Å². The van der Waals surface area contributed by atoms with Gasteiger partial charge in [0.05, 0.1) is 7.11 Å². The third-order valence-corrected chi connectivity index (χ3v) is 1.47. The maximum atomic E-state index is 13.3. The molecule has 0 atom stereocenters. The largest absolute Gasteiger partial charge is 0.491 e. The van der Waals surface area contributed by atoms with Crippen LogP contribution in [0.3, 0.4) is 0 Å². The second-order valence-electron chi connectivity index (χ2n) is 2.49. The fraction of sp³-hybridized carbons (Fsp3) is 0.222. The predicted octanol–water partition coefficient (Wildman–Crippen LogP) is 1.90. The molecule has 0 aliphatic heterocycles. The molecule has 5 heteroatoms. The quantitative estimate of drug-likeness (QED) is 0.542. The molecule has 0 amide bonds. The van der Waals surface area contributed by atoms with E-state index in [9.17, 15) is 13.6 Å². The van der Waals surface area contributed by atoms with Gasteiger partial charge in [-0.1, -0.05) is 0 Å². The molecule has 0 heterocycles. The van der Waals surface area contributed by atoms with Crippen LogP contribution in [0, 0.1) is 11.6 Å². The van der Waals surface area contributed by atoms with E-state index >= 15 is 0 Å². The Morgan fingerprint density at radius 3 is 2.50 bits per heavy atom. The Hall–Kier alpha value is -1.65. The number of benzene rings is 1. The molecular weight excluding hydrogens is 194 g/mol. The van der Waals surface area contributed by atoms with Gasteiger partial charge in [0.1, 0.15) is 0 Å². The van der Waals surface area contributed by atoms with Crippen molar-refractivity contribution in [2.75, 3.05) is 7.11 Å². The van der Waals surface area contributed by atoms with Gasteiger partial charge in [-0.3, -0.25) is 4.79 Å². The number of methoxy groups -OCH3 is 1. The molecule has 3 nitrogen and oxygen atoms in total. The van der Waals surface area contributed by atoms with Crippen LogP contribution in [-0.2, 0) is 4.79 Å². The minimum absolute atomic E-state index is 0.351. The molecular formula is C9H8F2O3. The standard InChI is InChI=1S/C9H8F2O3/c1-5(12)14-7-4-3-6(10)9(13-2)8(7)11/h3-4H,1-2H3. The van der Waals surface area contributed by atoms with Crippen molar-refractivity contribution in [2.45, 2.75) is 6.92 Å². The van der Waals surface area contributed by atoms with Crippen LogP contribution in [0.15, 0.2) is 12.1 Å². The summed E-state index contributed by atoms with van der Waals surface area (Å²) in [6.45, 7) is 1.12. The molecule has 1 aromatic rings. The molecule has 0 spiro atoms. The normalized spacial score (nSPS) is 9.71. The van der Waals surface area contributed by atoms with Crippen molar-refractivity contribution < 1.29 is 23.0 Å². The van der Waals surface area contributed by atoms with Gasteiger partial charge in [0.25, 0.3) is 0 Å². The van der Waals surface area contributed by atoms with Crippen LogP contribution in [0.5, 0.6) is 11.5 Å². The van der Waals surface area contributed by atoms with Gasteiger partial charge in [-0.15, -0.1) is 0 Å². The van der Waals surface area contributed by atoms with E-state index in [0.717, 1.165) is 26.2 Å². The van der Waals surface area contributed by atoms with Crippen molar-refractivity contribution in [1.82, 2.24) is 0 Å². The first-order valence-corrected chi connectivity index (χ1v) is 3.76. The summed E-state index contributed by atoms with van der Waals surface area (Å²) < 4.78 is 35.1. The summed E-state index contributed by atoms with van der Waals surface area (Å²) in [6, 6.07) is 1.98. The first-order chi connectivity index (χ1) is 6.56. The van der Waals surface area contributed by atoms with Crippen LogP contribution < -0.4 is 9.47 Å². The Balaban J connectivity index is 3.14. The van der Waals surface area contributed by atoms with Crippen molar-refractivity contribution in [3.05, 3.63) is 23.8 Å².